The van der Waals surface area contributed by atoms with Crippen molar-refractivity contribution in [1.82, 2.24) is 9.78 Å². The maximum Gasteiger partial charge on any atom is 0.189 e. The molecule has 0 aliphatic rings. The Morgan fingerprint density at radius 3 is 2.39 bits per heavy atom. The Bertz CT molecular complexity index is 1200. The first-order valence-corrected chi connectivity index (χ1v) is 11.1. The first-order chi connectivity index (χ1) is 15.5. The predicted molar refractivity (Wildman–Crippen MR) is 133 cm³/mol. The zero-order valence-electron chi connectivity index (χ0n) is 20.9. The molecule has 0 spiro atoms. The molecule has 5 nitrogen and oxygen atoms in total. The molecule has 1 heterocycles. The number of aryl methyl sites for hydroxylation is 3. The first kappa shape index (κ1) is 24.3. The normalized spacial score (nSPS) is 11.8. The molecule has 174 valence electrons. The molecule has 0 bridgehead atoms. The van der Waals surface area contributed by atoms with E-state index >= 15 is 0 Å². The Hall–Kier alpha value is -3.34. The van der Waals surface area contributed by atoms with Gasteiger partial charge >= 0.3 is 0 Å². The Balaban J connectivity index is 1.84. The van der Waals surface area contributed by atoms with Crippen molar-refractivity contribution in [2.24, 2.45) is 7.05 Å². The van der Waals surface area contributed by atoms with Gasteiger partial charge in [-0.1, -0.05) is 45.0 Å². The number of ether oxygens (including phenoxy) is 2. The molecule has 0 saturated heterocycles. The summed E-state index contributed by atoms with van der Waals surface area (Å²) in [6, 6.07) is 12.2. The fourth-order valence-electron chi connectivity index (χ4n) is 3.92. The molecule has 3 rings (SSSR count). The Morgan fingerprint density at radius 1 is 1.06 bits per heavy atom. The summed E-state index contributed by atoms with van der Waals surface area (Å²) in [4.78, 5) is 12.8. The van der Waals surface area contributed by atoms with Crippen LogP contribution in [0.4, 0.5) is 0 Å². The molecule has 33 heavy (non-hydrogen) atoms. The third-order valence-corrected chi connectivity index (χ3v) is 5.82. The molecule has 0 aliphatic heterocycles. The zero-order chi connectivity index (χ0) is 24.3. The van der Waals surface area contributed by atoms with Gasteiger partial charge in [0.15, 0.2) is 5.78 Å². The molecule has 0 amide bonds. The van der Waals surface area contributed by atoms with Crippen molar-refractivity contribution < 1.29 is 14.3 Å². The van der Waals surface area contributed by atoms with E-state index in [4.69, 9.17) is 9.47 Å². The molecule has 1 aromatic heterocycles. The molecule has 5 heteroatoms. The summed E-state index contributed by atoms with van der Waals surface area (Å²) in [7, 11) is 3.50. The summed E-state index contributed by atoms with van der Waals surface area (Å²) in [6.07, 6.45) is 3.42. The minimum absolute atomic E-state index is 0.0272. The second-order valence-electron chi connectivity index (χ2n) is 9.48. The third-order valence-electron chi connectivity index (χ3n) is 5.82. The average Bonchev–Trinajstić information content (AvgIpc) is 3.01. The van der Waals surface area contributed by atoms with Gasteiger partial charge in [-0.2, -0.15) is 5.10 Å². The molecule has 0 aliphatic carbocycles. The standard InChI is InChI=1S/C28H34N2O3/c1-18-9-12-23(28(4,5)6)26(15-18)33-17-22-16-21(11-14-25(22)32-8)10-13-24(31)27-19(2)29-30(7)20(27)3/h9-16H,17H2,1-8H3/b13-10+. The molecule has 0 radical (unpaired) electrons. The van der Waals surface area contributed by atoms with Crippen molar-refractivity contribution in [2.75, 3.05) is 7.11 Å². The summed E-state index contributed by atoms with van der Waals surface area (Å²) in [6.45, 7) is 12.7. The highest BCUT2D eigenvalue weighted by atomic mass is 16.5. The number of carbonyl (C=O) groups is 1. The number of ketones is 1. The predicted octanol–water partition coefficient (Wildman–Crippen LogP) is 6.13. The minimum atomic E-state index is -0.0544. The lowest BCUT2D eigenvalue weighted by Crippen LogP contribution is -2.13. The summed E-state index contributed by atoms with van der Waals surface area (Å²) in [5.41, 5.74) is 6.36. The number of rotatable bonds is 7. The van der Waals surface area contributed by atoms with E-state index in [-0.39, 0.29) is 11.2 Å². The van der Waals surface area contributed by atoms with Crippen LogP contribution in [-0.4, -0.2) is 22.7 Å². The number of benzene rings is 2. The summed E-state index contributed by atoms with van der Waals surface area (Å²) < 4.78 is 13.6. The van der Waals surface area contributed by atoms with Crippen molar-refractivity contribution in [3.8, 4) is 11.5 Å². The maximum absolute atomic E-state index is 12.8. The molecule has 0 unspecified atom stereocenters. The van der Waals surface area contributed by atoms with Gasteiger partial charge in [0, 0.05) is 18.3 Å². The molecular weight excluding hydrogens is 412 g/mol. The number of aromatic nitrogens is 2. The van der Waals surface area contributed by atoms with Crippen LogP contribution in [0.5, 0.6) is 11.5 Å². The smallest absolute Gasteiger partial charge is 0.189 e. The van der Waals surface area contributed by atoms with Crippen molar-refractivity contribution in [3.63, 3.8) is 0 Å². The van der Waals surface area contributed by atoms with E-state index in [1.165, 1.54) is 0 Å². The van der Waals surface area contributed by atoms with Crippen LogP contribution in [0.1, 0.15) is 64.8 Å². The molecule has 0 saturated carbocycles. The van der Waals surface area contributed by atoms with Crippen molar-refractivity contribution in [3.05, 3.63) is 81.7 Å². The highest BCUT2D eigenvalue weighted by molar-refractivity contribution is 6.08. The number of carbonyl (C=O) groups excluding carboxylic acids is 1. The van der Waals surface area contributed by atoms with Gasteiger partial charge in [0.25, 0.3) is 0 Å². The topological polar surface area (TPSA) is 53.3 Å². The van der Waals surface area contributed by atoms with Crippen LogP contribution >= 0.6 is 0 Å². The van der Waals surface area contributed by atoms with Crippen molar-refractivity contribution in [2.45, 2.75) is 53.6 Å². The molecule has 0 N–H and O–H groups in total. The van der Waals surface area contributed by atoms with Crippen LogP contribution in [0.25, 0.3) is 6.08 Å². The maximum atomic E-state index is 12.8. The van der Waals surface area contributed by atoms with Crippen LogP contribution < -0.4 is 9.47 Å². The van der Waals surface area contributed by atoms with E-state index in [0.717, 1.165) is 45.1 Å². The van der Waals surface area contributed by atoms with Gasteiger partial charge in [-0.05, 0) is 67.2 Å². The van der Waals surface area contributed by atoms with Gasteiger partial charge in [0.1, 0.15) is 18.1 Å². The van der Waals surface area contributed by atoms with Crippen LogP contribution in [0, 0.1) is 20.8 Å². The first-order valence-electron chi connectivity index (χ1n) is 11.1. The van der Waals surface area contributed by atoms with Gasteiger partial charge in [-0.3, -0.25) is 9.48 Å². The SMILES string of the molecule is COc1ccc(/C=C/C(=O)c2c(C)nn(C)c2C)cc1COc1cc(C)ccc1C(C)(C)C. The quantitative estimate of drug-likeness (QED) is 0.324. The minimum Gasteiger partial charge on any atom is -0.496 e. The number of nitrogens with zero attached hydrogens (tertiary/aromatic N) is 2. The zero-order valence-corrected chi connectivity index (χ0v) is 20.9. The molecule has 0 fully saturated rings. The van der Waals surface area contributed by atoms with Gasteiger partial charge in [0.05, 0.1) is 18.4 Å². The van der Waals surface area contributed by atoms with E-state index in [0.29, 0.717) is 12.2 Å². The second-order valence-corrected chi connectivity index (χ2v) is 9.48. The van der Waals surface area contributed by atoms with Crippen LogP contribution in [0.15, 0.2) is 42.5 Å². The van der Waals surface area contributed by atoms with E-state index in [2.05, 4.69) is 51.0 Å². The Morgan fingerprint density at radius 2 is 1.79 bits per heavy atom. The van der Waals surface area contributed by atoms with Gasteiger partial charge in [-0.15, -0.1) is 0 Å². The molecular formula is C28H34N2O3. The van der Waals surface area contributed by atoms with Gasteiger partial charge in [-0.25, -0.2) is 0 Å². The number of hydrogen-bond acceptors (Lipinski definition) is 4. The molecule has 3 aromatic rings. The van der Waals surface area contributed by atoms with Gasteiger partial charge < -0.3 is 9.47 Å². The Labute approximate surface area is 197 Å². The van der Waals surface area contributed by atoms with E-state index < -0.39 is 0 Å². The average molecular weight is 447 g/mol. The summed E-state index contributed by atoms with van der Waals surface area (Å²) in [5.74, 6) is 1.58. The van der Waals surface area contributed by atoms with Crippen molar-refractivity contribution >= 4 is 11.9 Å². The fourth-order valence-corrected chi connectivity index (χ4v) is 3.92. The van der Waals surface area contributed by atoms with E-state index in [1.54, 1.807) is 17.9 Å². The summed E-state index contributed by atoms with van der Waals surface area (Å²) in [5, 5.41) is 4.34. The fraction of sp³-hybridized carbons (Fsp3) is 0.357. The lowest BCUT2D eigenvalue weighted by Gasteiger charge is -2.23. The van der Waals surface area contributed by atoms with Crippen LogP contribution in [-0.2, 0) is 19.1 Å². The lowest BCUT2D eigenvalue weighted by atomic mass is 9.86. The summed E-state index contributed by atoms with van der Waals surface area (Å²) >= 11 is 0. The Kier molecular flexibility index (Phi) is 7.11. The van der Waals surface area contributed by atoms with Crippen LogP contribution in [0.2, 0.25) is 0 Å². The number of hydrogen-bond donors (Lipinski definition) is 0. The second kappa shape index (κ2) is 9.65. The monoisotopic (exact) mass is 446 g/mol. The van der Waals surface area contributed by atoms with Crippen LogP contribution in [0.3, 0.4) is 0 Å². The van der Waals surface area contributed by atoms with E-state index in [1.807, 2.05) is 45.2 Å². The third kappa shape index (κ3) is 5.54. The molecule has 0 atom stereocenters. The van der Waals surface area contributed by atoms with Crippen molar-refractivity contribution in [1.29, 1.82) is 0 Å². The van der Waals surface area contributed by atoms with Gasteiger partial charge in [0.2, 0.25) is 0 Å². The number of allylic oxidation sites excluding steroid dienone is 1. The number of methoxy groups -OCH3 is 1. The highest BCUT2D eigenvalue weighted by Gasteiger charge is 2.19. The highest BCUT2D eigenvalue weighted by Crippen LogP contribution is 2.33. The van der Waals surface area contributed by atoms with E-state index in [9.17, 15) is 4.79 Å². The largest absolute Gasteiger partial charge is 0.496 e. The molecule has 2 aromatic carbocycles. The lowest BCUT2D eigenvalue weighted by molar-refractivity contribution is 0.104.